The Bertz CT molecular complexity index is 765. The van der Waals surface area contributed by atoms with Crippen molar-refractivity contribution in [1.29, 1.82) is 0 Å². The number of hydrogen-bond donors (Lipinski definition) is 3. The van der Waals surface area contributed by atoms with Crippen molar-refractivity contribution >= 4 is 29.3 Å². The number of carbonyl (C=O) groups is 2. The van der Waals surface area contributed by atoms with Crippen molar-refractivity contribution < 1.29 is 19.4 Å². The van der Waals surface area contributed by atoms with Crippen molar-refractivity contribution in [2.45, 2.75) is 19.0 Å². The minimum Gasteiger partial charge on any atom is -0.497 e. The van der Waals surface area contributed by atoms with Crippen molar-refractivity contribution in [3.8, 4) is 5.75 Å². The Morgan fingerprint density at radius 1 is 1.19 bits per heavy atom. The Hall–Kier alpha value is -2.51. The highest BCUT2D eigenvalue weighted by atomic mass is 32.2. The third kappa shape index (κ3) is 6.62. The molecule has 0 aromatic heterocycles. The molecule has 0 aliphatic heterocycles. The first-order valence-corrected chi connectivity index (χ1v) is 9.92. The number of amides is 1. The van der Waals surface area contributed by atoms with Crippen LogP contribution in [-0.2, 0) is 11.3 Å². The van der Waals surface area contributed by atoms with E-state index in [9.17, 15) is 14.7 Å². The second-order valence-corrected chi connectivity index (χ2v) is 6.92. The van der Waals surface area contributed by atoms with Crippen LogP contribution >= 0.6 is 11.8 Å². The monoisotopic (exact) mass is 388 g/mol. The van der Waals surface area contributed by atoms with Crippen molar-refractivity contribution in [3.05, 3.63) is 59.7 Å². The molecular weight excluding hydrogens is 364 g/mol. The van der Waals surface area contributed by atoms with Crippen LogP contribution in [0.3, 0.4) is 0 Å². The van der Waals surface area contributed by atoms with Crippen molar-refractivity contribution in [3.63, 3.8) is 0 Å². The number of thioether (sulfide) groups is 1. The van der Waals surface area contributed by atoms with Gasteiger partial charge in [0, 0.05) is 17.8 Å². The van der Waals surface area contributed by atoms with Gasteiger partial charge >= 0.3 is 5.97 Å². The maximum atomic E-state index is 12.4. The van der Waals surface area contributed by atoms with Gasteiger partial charge in [-0.25, -0.2) is 0 Å². The molecule has 3 N–H and O–H groups in total. The van der Waals surface area contributed by atoms with E-state index in [1.807, 2.05) is 24.5 Å². The Balaban J connectivity index is 1.97. The highest BCUT2D eigenvalue weighted by molar-refractivity contribution is 7.98. The van der Waals surface area contributed by atoms with E-state index in [2.05, 4.69) is 10.6 Å². The summed E-state index contributed by atoms with van der Waals surface area (Å²) in [6.45, 7) is 0.414. The van der Waals surface area contributed by atoms with Gasteiger partial charge in [-0.15, -0.1) is 0 Å². The number of rotatable bonds is 10. The normalized spacial score (nSPS) is 11.6. The van der Waals surface area contributed by atoms with Crippen LogP contribution in [0.1, 0.15) is 22.3 Å². The standard InChI is InChI=1S/C20H24N2O4S/c1-26-17-8-6-15(7-9-17)19(23)22-16-5-3-4-14(12-16)13-21-18(20(24)25)10-11-27-2/h3-9,12,18,21H,10-11,13H2,1-2H3,(H,22,23)(H,24,25). The van der Waals surface area contributed by atoms with Gasteiger partial charge in [0.1, 0.15) is 11.8 Å². The molecule has 1 atom stereocenters. The first-order valence-electron chi connectivity index (χ1n) is 8.53. The molecule has 0 saturated heterocycles. The predicted molar refractivity (Wildman–Crippen MR) is 109 cm³/mol. The summed E-state index contributed by atoms with van der Waals surface area (Å²) >= 11 is 1.62. The van der Waals surface area contributed by atoms with Crippen molar-refractivity contribution in [2.24, 2.45) is 0 Å². The van der Waals surface area contributed by atoms with Crippen LogP contribution in [0.25, 0.3) is 0 Å². The molecule has 1 unspecified atom stereocenters. The average Bonchev–Trinajstić information content (AvgIpc) is 2.68. The van der Waals surface area contributed by atoms with E-state index >= 15 is 0 Å². The Morgan fingerprint density at radius 3 is 2.56 bits per heavy atom. The van der Waals surface area contributed by atoms with Crippen molar-refractivity contribution in [1.82, 2.24) is 5.32 Å². The molecule has 2 aromatic rings. The second kappa shape index (κ2) is 10.6. The van der Waals surface area contributed by atoms with Gasteiger partial charge in [-0.2, -0.15) is 11.8 Å². The SMILES string of the molecule is COc1ccc(C(=O)Nc2cccc(CNC(CCSC)C(=O)O)c2)cc1. The van der Waals surface area contributed by atoms with Crippen LogP contribution < -0.4 is 15.4 Å². The molecule has 1 amide bonds. The Kier molecular flexibility index (Phi) is 8.16. The summed E-state index contributed by atoms with van der Waals surface area (Å²) in [5, 5.41) is 15.2. The number of nitrogens with one attached hydrogen (secondary N) is 2. The van der Waals surface area contributed by atoms with Crippen LogP contribution in [0.5, 0.6) is 5.75 Å². The van der Waals surface area contributed by atoms with Crippen LogP contribution in [0, 0.1) is 0 Å². The first kappa shape index (κ1) is 20.8. The molecule has 0 fully saturated rings. The Morgan fingerprint density at radius 2 is 1.93 bits per heavy atom. The molecule has 7 heteroatoms. The summed E-state index contributed by atoms with van der Waals surface area (Å²) in [7, 11) is 1.57. The number of carboxylic acids is 1. The van der Waals surface area contributed by atoms with Crippen LogP contribution in [-0.4, -0.2) is 42.1 Å². The van der Waals surface area contributed by atoms with Gasteiger partial charge in [0.05, 0.1) is 7.11 Å². The van der Waals surface area contributed by atoms with Gasteiger partial charge < -0.3 is 20.5 Å². The molecule has 2 aromatic carbocycles. The zero-order valence-electron chi connectivity index (χ0n) is 15.4. The molecule has 27 heavy (non-hydrogen) atoms. The minimum atomic E-state index is -0.854. The molecule has 0 aliphatic carbocycles. The molecule has 0 saturated carbocycles. The highest BCUT2D eigenvalue weighted by Gasteiger charge is 2.16. The summed E-state index contributed by atoms with van der Waals surface area (Å²) in [6, 6.07) is 13.6. The zero-order valence-corrected chi connectivity index (χ0v) is 16.2. The minimum absolute atomic E-state index is 0.217. The van der Waals surface area contributed by atoms with E-state index in [0.717, 1.165) is 11.3 Å². The van der Waals surface area contributed by atoms with Crippen LogP contribution in [0.4, 0.5) is 5.69 Å². The van der Waals surface area contributed by atoms with E-state index in [4.69, 9.17) is 4.74 Å². The molecule has 2 rings (SSSR count). The summed E-state index contributed by atoms with van der Waals surface area (Å²) in [5.74, 6) is 0.398. The zero-order chi connectivity index (χ0) is 19.6. The summed E-state index contributed by atoms with van der Waals surface area (Å²) < 4.78 is 5.09. The van der Waals surface area contributed by atoms with Gasteiger partial charge in [0.2, 0.25) is 0 Å². The Labute approximate surface area is 163 Å². The van der Waals surface area contributed by atoms with Gasteiger partial charge in [-0.1, -0.05) is 12.1 Å². The maximum Gasteiger partial charge on any atom is 0.320 e. The number of anilines is 1. The number of hydrogen-bond acceptors (Lipinski definition) is 5. The third-order valence-electron chi connectivity index (χ3n) is 4.00. The van der Waals surface area contributed by atoms with E-state index in [1.54, 1.807) is 49.2 Å². The molecule has 144 valence electrons. The maximum absolute atomic E-state index is 12.4. The molecule has 0 heterocycles. The lowest BCUT2D eigenvalue weighted by molar-refractivity contribution is -0.139. The lowest BCUT2D eigenvalue weighted by Gasteiger charge is -2.14. The molecule has 6 nitrogen and oxygen atoms in total. The lowest BCUT2D eigenvalue weighted by atomic mass is 10.1. The molecule has 0 bridgehead atoms. The van der Waals surface area contributed by atoms with E-state index in [1.165, 1.54) is 0 Å². The third-order valence-corrected chi connectivity index (χ3v) is 4.64. The highest BCUT2D eigenvalue weighted by Crippen LogP contribution is 2.15. The van der Waals surface area contributed by atoms with Gasteiger partial charge in [-0.05, 0) is 60.4 Å². The van der Waals surface area contributed by atoms with Crippen LogP contribution in [0.15, 0.2) is 48.5 Å². The summed E-state index contributed by atoms with van der Waals surface area (Å²) in [5.41, 5.74) is 2.09. The fourth-order valence-electron chi connectivity index (χ4n) is 2.49. The molecular formula is C20H24N2O4S. The van der Waals surface area contributed by atoms with Crippen molar-refractivity contribution in [2.75, 3.05) is 24.4 Å². The number of methoxy groups -OCH3 is 1. The molecule has 0 aliphatic rings. The quantitative estimate of drug-likeness (QED) is 0.579. The fourth-order valence-corrected chi connectivity index (χ4v) is 2.97. The smallest absolute Gasteiger partial charge is 0.320 e. The van der Waals surface area contributed by atoms with Crippen LogP contribution in [0.2, 0.25) is 0 Å². The summed E-state index contributed by atoms with van der Waals surface area (Å²) in [6.07, 6.45) is 2.51. The first-order chi connectivity index (χ1) is 13.0. The van der Waals surface area contributed by atoms with E-state index < -0.39 is 12.0 Å². The largest absolute Gasteiger partial charge is 0.497 e. The number of carboxylic acid groups (broad SMARTS) is 1. The van der Waals surface area contributed by atoms with E-state index in [0.29, 0.717) is 30.0 Å². The molecule has 0 spiro atoms. The van der Waals surface area contributed by atoms with Gasteiger partial charge in [-0.3, -0.25) is 9.59 Å². The van der Waals surface area contributed by atoms with E-state index in [-0.39, 0.29) is 5.91 Å². The number of ether oxygens (including phenoxy) is 1. The number of aliphatic carboxylic acids is 1. The fraction of sp³-hybridized carbons (Fsp3) is 0.300. The molecule has 0 radical (unpaired) electrons. The topological polar surface area (TPSA) is 87.7 Å². The average molecular weight is 388 g/mol. The van der Waals surface area contributed by atoms with Gasteiger partial charge in [0.25, 0.3) is 5.91 Å². The lowest BCUT2D eigenvalue weighted by Crippen LogP contribution is -2.36. The number of carbonyl (C=O) groups excluding carboxylic acids is 1. The van der Waals surface area contributed by atoms with Gasteiger partial charge in [0.15, 0.2) is 0 Å². The summed E-state index contributed by atoms with van der Waals surface area (Å²) in [4.78, 5) is 23.7. The predicted octanol–water partition coefficient (Wildman–Crippen LogP) is 3.24. The second-order valence-electron chi connectivity index (χ2n) is 5.94. The number of benzene rings is 2.